The molecule has 5 nitrogen and oxygen atoms in total. The molecule has 29 heavy (non-hydrogen) atoms. The first-order chi connectivity index (χ1) is 13.9. The molecule has 0 saturated carbocycles. The fourth-order valence-electron chi connectivity index (χ4n) is 2.78. The second-order valence-electron chi connectivity index (χ2n) is 6.38. The molecule has 0 aliphatic carbocycles. The number of anilines is 4. The highest BCUT2D eigenvalue weighted by Crippen LogP contribution is 2.35. The lowest BCUT2D eigenvalue weighted by Crippen LogP contribution is -2.12. The van der Waals surface area contributed by atoms with Crippen LogP contribution in [0.4, 0.5) is 36.3 Å². The number of halogens is 3. The average Bonchev–Trinajstić information content (AvgIpc) is 2.68. The molecule has 0 saturated heterocycles. The van der Waals surface area contributed by atoms with Gasteiger partial charge in [0.25, 0.3) is 0 Å². The van der Waals surface area contributed by atoms with Crippen LogP contribution in [0.15, 0.2) is 54.7 Å². The van der Waals surface area contributed by atoms with Crippen LogP contribution in [0.5, 0.6) is 5.75 Å². The second kappa shape index (κ2) is 8.81. The van der Waals surface area contributed by atoms with E-state index < -0.39 is 11.7 Å². The lowest BCUT2D eigenvalue weighted by Gasteiger charge is -2.15. The molecule has 152 valence electrons. The molecular weight excluding hydrogens is 381 g/mol. The highest BCUT2D eigenvalue weighted by Gasteiger charge is 2.35. The van der Waals surface area contributed by atoms with Gasteiger partial charge in [0.15, 0.2) is 0 Å². The lowest BCUT2D eigenvalue weighted by atomic mass is 10.1. The first-order valence-electron chi connectivity index (χ1n) is 9.10. The maximum absolute atomic E-state index is 13.4. The Morgan fingerprint density at radius 1 is 1.00 bits per heavy atom. The summed E-state index contributed by atoms with van der Waals surface area (Å²) in [5, 5.41) is 5.70. The molecule has 0 amide bonds. The molecule has 0 spiro atoms. The molecule has 8 heteroatoms. The van der Waals surface area contributed by atoms with Gasteiger partial charge in [0.2, 0.25) is 5.95 Å². The van der Waals surface area contributed by atoms with Crippen molar-refractivity contribution in [1.82, 2.24) is 9.97 Å². The number of benzene rings is 2. The smallest absolute Gasteiger partial charge is 0.421 e. The molecular formula is C21H21F3N4O. The first kappa shape index (κ1) is 20.4. The number of nitrogens with one attached hydrogen (secondary N) is 2. The first-order valence-corrected chi connectivity index (χ1v) is 9.10. The number of hydrogen-bond acceptors (Lipinski definition) is 5. The molecule has 0 bridgehead atoms. The fraction of sp³-hybridized carbons (Fsp3) is 0.238. The van der Waals surface area contributed by atoms with Crippen molar-refractivity contribution in [3.05, 3.63) is 65.9 Å². The molecule has 2 N–H and O–H groups in total. The maximum Gasteiger partial charge on any atom is 0.421 e. The highest BCUT2D eigenvalue weighted by molar-refractivity contribution is 5.63. The third-order valence-electron chi connectivity index (χ3n) is 4.17. The van der Waals surface area contributed by atoms with E-state index in [9.17, 15) is 13.2 Å². The molecule has 0 atom stereocenters. The summed E-state index contributed by atoms with van der Waals surface area (Å²) in [5.74, 6) is 0.408. The number of alkyl halides is 3. The van der Waals surface area contributed by atoms with Crippen molar-refractivity contribution < 1.29 is 17.9 Å². The molecule has 3 rings (SSSR count). The maximum atomic E-state index is 13.4. The van der Waals surface area contributed by atoms with Crippen molar-refractivity contribution in [1.29, 1.82) is 0 Å². The Kier molecular flexibility index (Phi) is 6.21. The molecule has 0 radical (unpaired) electrons. The van der Waals surface area contributed by atoms with Crippen LogP contribution in [-0.2, 0) is 12.6 Å². The van der Waals surface area contributed by atoms with Crippen molar-refractivity contribution in [2.75, 3.05) is 17.7 Å². The molecule has 0 aliphatic heterocycles. The normalized spacial score (nSPS) is 11.2. The molecule has 0 aliphatic rings. The minimum absolute atomic E-state index is 0.0513. The SMILES string of the molecule is CCCc1cccc(Nc2nc(Nc3ccc(OC)cc3)ncc2C(F)(F)F)c1. The van der Waals surface area contributed by atoms with Crippen LogP contribution in [0.2, 0.25) is 0 Å². The quantitative estimate of drug-likeness (QED) is 0.512. The Labute approximate surface area is 167 Å². The van der Waals surface area contributed by atoms with Crippen molar-refractivity contribution >= 4 is 23.1 Å². The number of hydrogen-bond donors (Lipinski definition) is 2. The van der Waals surface area contributed by atoms with Crippen molar-refractivity contribution in [2.24, 2.45) is 0 Å². The van der Waals surface area contributed by atoms with Crippen molar-refractivity contribution in [3.8, 4) is 5.75 Å². The predicted molar refractivity (Wildman–Crippen MR) is 107 cm³/mol. The van der Waals surface area contributed by atoms with E-state index in [1.165, 1.54) is 0 Å². The van der Waals surface area contributed by atoms with Crippen LogP contribution in [0.25, 0.3) is 0 Å². The predicted octanol–water partition coefficient (Wildman–Crippen LogP) is 5.94. The van der Waals surface area contributed by atoms with E-state index in [4.69, 9.17) is 4.74 Å². The van der Waals surface area contributed by atoms with E-state index in [2.05, 4.69) is 20.6 Å². The van der Waals surface area contributed by atoms with Crippen LogP contribution in [0.1, 0.15) is 24.5 Å². The van der Waals surface area contributed by atoms with Gasteiger partial charge in [0.1, 0.15) is 17.1 Å². The van der Waals surface area contributed by atoms with Gasteiger partial charge in [-0.1, -0.05) is 25.5 Å². The van der Waals surface area contributed by atoms with E-state index in [0.29, 0.717) is 17.1 Å². The van der Waals surface area contributed by atoms with Gasteiger partial charge >= 0.3 is 6.18 Å². The van der Waals surface area contributed by atoms with E-state index in [-0.39, 0.29) is 11.8 Å². The van der Waals surface area contributed by atoms with Crippen LogP contribution >= 0.6 is 0 Å². The summed E-state index contributed by atoms with van der Waals surface area (Å²) in [6, 6.07) is 14.2. The van der Waals surface area contributed by atoms with E-state index >= 15 is 0 Å². The third-order valence-corrected chi connectivity index (χ3v) is 4.17. The third kappa shape index (κ3) is 5.37. The summed E-state index contributed by atoms with van der Waals surface area (Å²) in [4.78, 5) is 7.88. The standard InChI is InChI=1S/C21H21F3N4O/c1-3-5-14-6-4-7-16(12-14)26-19-18(21(22,23)24)13-25-20(28-19)27-15-8-10-17(29-2)11-9-15/h4,6-13H,3,5H2,1-2H3,(H2,25,26,27,28). The summed E-state index contributed by atoms with van der Waals surface area (Å²) in [6.07, 6.45) is -2.02. The second-order valence-corrected chi connectivity index (χ2v) is 6.38. The molecule has 0 fully saturated rings. The minimum Gasteiger partial charge on any atom is -0.497 e. The van der Waals surface area contributed by atoms with Crippen LogP contribution in [-0.4, -0.2) is 17.1 Å². The zero-order valence-corrected chi connectivity index (χ0v) is 16.0. The summed E-state index contributed by atoms with van der Waals surface area (Å²) in [5.41, 5.74) is 1.27. The Hall–Kier alpha value is -3.29. The summed E-state index contributed by atoms with van der Waals surface area (Å²) < 4.78 is 45.4. The minimum atomic E-state index is -4.58. The van der Waals surface area contributed by atoms with Crippen molar-refractivity contribution in [2.45, 2.75) is 25.9 Å². The number of aromatic nitrogens is 2. The molecule has 0 unspecified atom stereocenters. The molecule has 1 heterocycles. The van der Waals surface area contributed by atoms with Crippen molar-refractivity contribution in [3.63, 3.8) is 0 Å². The monoisotopic (exact) mass is 402 g/mol. The summed E-state index contributed by atoms with van der Waals surface area (Å²) >= 11 is 0. The van der Waals surface area contributed by atoms with Crippen LogP contribution < -0.4 is 15.4 Å². The number of aryl methyl sites for hydroxylation is 1. The largest absolute Gasteiger partial charge is 0.497 e. The van der Waals surface area contributed by atoms with Crippen LogP contribution in [0, 0.1) is 0 Å². The average molecular weight is 402 g/mol. The Morgan fingerprint density at radius 2 is 1.76 bits per heavy atom. The van der Waals surface area contributed by atoms with Gasteiger partial charge in [-0.3, -0.25) is 0 Å². The van der Waals surface area contributed by atoms with Gasteiger partial charge in [-0.25, -0.2) is 4.98 Å². The zero-order chi connectivity index (χ0) is 20.9. The van der Waals surface area contributed by atoms with Gasteiger partial charge in [0, 0.05) is 17.6 Å². The lowest BCUT2D eigenvalue weighted by molar-refractivity contribution is -0.137. The molecule has 1 aromatic heterocycles. The van der Waals surface area contributed by atoms with Gasteiger partial charge in [-0.15, -0.1) is 0 Å². The summed E-state index contributed by atoms with van der Waals surface area (Å²) in [7, 11) is 1.55. The van der Waals surface area contributed by atoms with Crippen LogP contribution in [0.3, 0.4) is 0 Å². The van der Waals surface area contributed by atoms with Gasteiger partial charge < -0.3 is 15.4 Å². The number of ether oxygens (including phenoxy) is 1. The van der Waals surface area contributed by atoms with E-state index in [0.717, 1.165) is 24.6 Å². The fourth-order valence-corrected chi connectivity index (χ4v) is 2.78. The van der Waals surface area contributed by atoms with Gasteiger partial charge in [-0.05, 0) is 48.4 Å². The van der Waals surface area contributed by atoms with E-state index in [1.54, 1.807) is 43.5 Å². The van der Waals surface area contributed by atoms with Gasteiger partial charge in [-0.2, -0.15) is 18.2 Å². The number of nitrogens with zero attached hydrogens (tertiary/aromatic N) is 2. The Morgan fingerprint density at radius 3 is 2.41 bits per heavy atom. The molecule has 3 aromatic rings. The topological polar surface area (TPSA) is 59.1 Å². The molecule has 2 aromatic carbocycles. The van der Waals surface area contributed by atoms with E-state index in [1.807, 2.05) is 19.1 Å². The number of rotatable bonds is 7. The van der Waals surface area contributed by atoms with Gasteiger partial charge in [0.05, 0.1) is 7.11 Å². The highest BCUT2D eigenvalue weighted by atomic mass is 19.4. The Balaban J connectivity index is 1.90. The summed E-state index contributed by atoms with van der Waals surface area (Å²) in [6.45, 7) is 2.05. The number of methoxy groups -OCH3 is 1. The Bertz CT molecular complexity index is 959. The zero-order valence-electron chi connectivity index (χ0n) is 16.0.